The first-order valence-electron chi connectivity index (χ1n) is 10.9. The molecule has 0 atom stereocenters. The lowest BCUT2D eigenvalue weighted by molar-refractivity contribution is 0.0953. The van der Waals surface area contributed by atoms with Crippen LogP contribution in [0.1, 0.15) is 34.5 Å². The normalized spacial score (nSPS) is 12.9. The topological polar surface area (TPSA) is 172 Å². The minimum atomic E-state index is -3.87. The summed E-state index contributed by atoms with van der Waals surface area (Å²) in [6, 6.07) is 12.6. The van der Waals surface area contributed by atoms with Gasteiger partial charge < -0.3 is 20.5 Å². The van der Waals surface area contributed by atoms with Gasteiger partial charge in [-0.2, -0.15) is 10.4 Å². The number of hydrogen-bond donors (Lipinski definition) is 4. The second-order valence-corrected chi connectivity index (χ2v) is 9.46. The molecule has 0 fully saturated rings. The molecule has 0 saturated heterocycles. The third kappa shape index (κ3) is 5.64. The SMILES string of the molecule is N#Cc1c(N)n[nH]c1CCCNC(=O)c1ccc(NS(=O)(=O)c2ccc3c(c2)OCCCO3)cc1. The summed E-state index contributed by atoms with van der Waals surface area (Å²) in [5.41, 5.74) is 7.25. The van der Waals surface area contributed by atoms with Crippen LogP contribution in [0.4, 0.5) is 11.5 Å². The van der Waals surface area contributed by atoms with Crippen LogP contribution in [0.25, 0.3) is 0 Å². The highest BCUT2D eigenvalue weighted by Crippen LogP contribution is 2.32. The Balaban J connectivity index is 1.32. The van der Waals surface area contributed by atoms with Crippen molar-refractivity contribution in [2.75, 3.05) is 30.2 Å². The van der Waals surface area contributed by atoms with E-state index in [1.807, 2.05) is 6.07 Å². The number of aryl methyl sites for hydroxylation is 1. The molecule has 1 amide bonds. The van der Waals surface area contributed by atoms with Crippen molar-refractivity contribution < 1.29 is 22.7 Å². The van der Waals surface area contributed by atoms with Crippen molar-refractivity contribution in [2.45, 2.75) is 24.2 Å². The Labute approximate surface area is 202 Å². The van der Waals surface area contributed by atoms with E-state index in [0.29, 0.717) is 66.6 Å². The van der Waals surface area contributed by atoms with Crippen molar-refractivity contribution >= 4 is 27.4 Å². The number of aromatic amines is 1. The number of benzene rings is 2. The molecule has 35 heavy (non-hydrogen) atoms. The van der Waals surface area contributed by atoms with E-state index in [1.165, 1.54) is 36.4 Å². The summed E-state index contributed by atoms with van der Waals surface area (Å²) in [4.78, 5) is 12.4. The van der Waals surface area contributed by atoms with Crippen LogP contribution in [0.15, 0.2) is 47.4 Å². The van der Waals surface area contributed by atoms with E-state index in [0.717, 1.165) is 6.42 Å². The van der Waals surface area contributed by atoms with Gasteiger partial charge in [-0.15, -0.1) is 0 Å². The average Bonchev–Trinajstić information content (AvgIpc) is 3.04. The maximum atomic E-state index is 12.8. The molecule has 1 aliphatic rings. The predicted octanol–water partition coefficient (Wildman–Crippen LogP) is 2.19. The summed E-state index contributed by atoms with van der Waals surface area (Å²) in [6.07, 6.45) is 1.81. The van der Waals surface area contributed by atoms with Crippen LogP contribution in [-0.4, -0.2) is 44.3 Å². The van der Waals surface area contributed by atoms with Crippen LogP contribution in [0, 0.1) is 11.3 Å². The third-order valence-electron chi connectivity index (χ3n) is 5.30. The highest BCUT2D eigenvalue weighted by Gasteiger charge is 2.19. The monoisotopic (exact) mass is 496 g/mol. The molecule has 12 heteroatoms. The number of nitriles is 1. The van der Waals surface area contributed by atoms with Crippen LogP contribution in [-0.2, 0) is 16.4 Å². The van der Waals surface area contributed by atoms with Crippen LogP contribution < -0.4 is 25.2 Å². The first kappa shape index (κ1) is 23.9. The zero-order valence-electron chi connectivity index (χ0n) is 18.7. The number of aromatic nitrogens is 2. The van der Waals surface area contributed by atoms with Crippen molar-refractivity contribution in [2.24, 2.45) is 0 Å². The summed E-state index contributed by atoms with van der Waals surface area (Å²) in [5.74, 6) is 0.756. The fraction of sp³-hybridized carbons (Fsp3) is 0.261. The highest BCUT2D eigenvalue weighted by molar-refractivity contribution is 7.92. The largest absolute Gasteiger partial charge is 0.490 e. The number of rotatable bonds is 8. The minimum absolute atomic E-state index is 0.0437. The Bertz CT molecular complexity index is 1360. The number of carbonyl (C=O) groups excluding carboxylic acids is 1. The molecule has 0 radical (unpaired) electrons. The molecule has 5 N–H and O–H groups in total. The standard InChI is InChI=1S/C23H24N6O5S/c24-14-18-19(27-28-22(18)25)3-1-10-26-23(30)15-4-6-16(7-5-15)29-35(31,32)17-8-9-20-21(13-17)34-12-2-11-33-20/h4-9,13,29H,1-3,10-12H2,(H,26,30)(H3,25,27,28). The van der Waals surface area contributed by atoms with Gasteiger partial charge in [-0.1, -0.05) is 0 Å². The molecule has 3 aromatic rings. The first-order chi connectivity index (χ1) is 16.9. The second kappa shape index (κ2) is 10.4. The Morgan fingerprint density at radius 1 is 1.14 bits per heavy atom. The zero-order valence-corrected chi connectivity index (χ0v) is 19.5. The third-order valence-corrected chi connectivity index (χ3v) is 6.68. The molecule has 1 aliphatic heterocycles. The van der Waals surface area contributed by atoms with Crippen LogP contribution in [0.3, 0.4) is 0 Å². The molecule has 0 aliphatic carbocycles. The number of nitrogens with one attached hydrogen (secondary N) is 3. The Hall–Kier alpha value is -4.24. The number of amides is 1. The zero-order chi connectivity index (χ0) is 24.8. The van der Waals surface area contributed by atoms with Gasteiger partial charge in [0.1, 0.15) is 11.6 Å². The lowest BCUT2D eigenvalue weighted by atomic mass is 10.1. The van der Waals surface area contributed by atoms with Crippen molar-refractivity contribution in [1.82, 2.24) is 15.5 Å². The van der Waals surface area contributed by atoms with Gasteiger partial charge in [-0.3, -0.25) is 14.6 Å². The Kier molecular flexibility index (Phi) is 7.07. The number of ether oxygens (including phenoxy) is 2. The van der Waals surface area contributed by atoms with Crippen LogP contribution in [0.5, 0.6) is 11.5 Å². The summed E-state index contributed by atoms with van der Waals surface area (Å²) in [6.45, 7) is 1.34. The quantitative estimate of drug-likeness (QED) is 0.344. The molecular formula is C23H24N6O5S. The van der Waals surface area contributed by atoms with Crippen molar-refractivity contribution in [1.29, 1.82) is 5.26 Å². The molecule has 1 aromatic heterocycles. The summed E-state index contributed by atoms with van der Waals surface area (Å²) >= 11 is 0. The van der Waals surface area contributed by atoms with E-state index in [4.69, 9.17) is 20.5 Å². The van der Waals surface area contributed by atoms with E-state index in [1.54, 1.807) is 6.07 Å². The molecule has 0 bridgehead atoms. The number of nitrogen functional groups attached to an aromatic ring is 1. The van der Waals surface area contributed by atoms with Gasteiger partial charge >= 0.3 is 0 Å². The number of nitrogens with zero attached hydrogens (tertiary/aromatic N) is 2. The van der Waals surface area contributed by atoms with Gasteiger partial charge in [-0.05, 0) is 49.2 Å². The number of nitrogens with two attached hydrogens (primary N) is 1. The molecule has 2 aromatic carbocycles. The predicted molar refractivity (Wildman–Crippen MR) is 128 cm³/mol. The molecular weight excluding hydrogens is 472 g/mol. The van der Waals surface area contributed by atoms with E-state index in [9.17, 15) is 13.2 Å². The highest BCUT2D eigenvalue weighted by atomic mass is 32.2. The maximum absolute atomic E-state index is 12.8. The molecule has 4 rings (SSSR count). The van der Waals surface area contributed by atoms with E-state index in [-0.39, 0.29) is 16.6 Å². The fourth-order valence-corrected chi connectivity index (χ4v) is 4.56. The van der Waals surface area contributed by atoms with Crippen molar-refractivity contribution in [3.63, 3.8) is 0 Å². The second-order valence-electron chi connectivity index (χ2n) is 7.78. The number of sulfonamides is 1. The minimum Gasteiger partial charge on any atom is -0.490 e. The smallest absolute Gasteiger partial charge is 0.262 e. The Morgan fingerprint density at radius 3 is 2.63 bits per heavy atom. The van der Waals surface area contributed by atoms with Crippen molar-refractivity contribution in [3.8, 4) is 17.6 Å². The first-order valence-corrected chi connectivity index (χ1v) is 12.4. The average molecular weight is 497 g/mol. The van der Waals surface area contributed by atoms with Gasteiger partial charge in [0.2, 0.25) is 0 Å². The fourth-order valence-electron chi connectivity index (χ4n) is 3.48. The van der Waals surface area contributed by atoms with Gasteiger partial charge in [0.25, 0.3) is 15.9 Å². The van der Waals surface area contributed by atoms with Crippen LogP contribution in [0.2, 0.25) is 0 Å². The molecule has 0 unspecified atom stereocenters. The summed E-state index contributed by atoms with van der Waals surface area (Å²) < 4.78 is 39.2. The Morgan fingerprint density at radius 2 is 1.89 bits per heavy atom. The molecule has 0 spiro atoms. The van der Waals surface area contributed by atoms with Gasteiger partial charge in [0, 0.05) is 30.3 Å². The maximum Gasteiger partial charge on any atom is 0.262 e. The van der Waals surface area contributed by atoms with Gasteiger partial charge in [-0.25, -0.2) is 8.42 Å². The molecule has 2 heterocycles. The summed E-state index contributed by atoms with van der Waals surface area (Å²) in [7, 11) is -3.87. The number of carbonyl (C=O) groups is 1. The molecule has 182 valence electrons. The van der Waals surface area contributed by atoms with Crippen LogP contribution >= 0.6 is 0 Å². The molecule has 0 saturated carbocycles. The van der Waals surface area contributed by atoms with Crippen molar-refractivity contribution in [3.05, 3.63) is 59.3 Å². The van der Waals surface area contributed by atoms with E-state index >= 15 is 0 Å². The lowest BCUT2D eigenvalue weighted by Gasteiger charge is -2.12. The number of fused-ring (bicyclic) bond motifs is 1. The lowest BCUT2D eigenvalue weighted by Crippen LogP contribution is -2.24. The molecule has 11 nitrogen and oxygen atoms in total. The number of hydrogen-bond acceptors (Lipinski definition) is 8. The van der Waals surface area contributed by atoms with E-state index in [2.05, 4.69) is 20.2 Å². The van der Waals surface area contributed by atoms with Gasteiger partial charge in [0.15, 0.2) is 17.3 Å². The number of H-pyrrole nitrogens is 1. The van der Waals surface area contributed by atoms with Gasteiger partial charge in [0.05, 0.1) is 23.8 Å². The van der Waals surface area contributed by atoms with E-state index < -0.39 is 10.0 Å². The summed E-state index contributed by atoms with van der Waals surface area (Å²) in [5, 5.41) is 18.4. The number of anilines is 2.